The Balaban J connectivity index is 2.22. The van der Waals surface area contributed by atoms with Crippen molar-refractivity contribution < 1.29 is 8.96 Å². The third-order valence-electron chi connectivity index (χ3n) is 4.45. The number of aromatic nitrogens is 2. The van der Waals surface area contributed by atoms with Crippen LogP contribution < -0.4 is 4.57 Å². The molecule has 0 N–H and O–H groups in total. The van der Waals surface area contributed by atoms with Crippen LogP contribution in [-0.4, -0.2) is 4.40 Å². The highest BCUT2D eigenvalue weighted by Gasteiger charge is 2.24. The number of fused-ring (bicyclic) bond motifs is 1. The number of hydrogen-bond acceptors (Lipinski definition) is 0. The van der Waals surface area contributed by atoms with Gasteiger partial charge in [0, 0.05) is 11.6 Å². The summed E-state index contributed by atoms with van der Waals surface area (Å²) < 4.78 is 18.2. The zero-order chi connectivity index (χ0) is 17.7. The van der Waals surface area contributed by atoms with E-state index in [-0.39, 0.29) is 16.8 Å². The van der Waals surface area contributed by atoms with E-state index in [0.717, 1.165) is 16.8 Å². The van der Waals surface area contributed by atoms with Crippen molar-refractivity contribution >= 4 is 5.52 Å². The second-order valence-corrected chi connectivity index (χ2v) is 8.53. The number of benzene rings is 1. The van der Waals surface area contributed by atoms with Crippen molar-refractivity contribution in [3.63, 3.8) is 0 Å². The Morgan fingerprint density at radius 3 is 2.21 bits per heavy atom. The van der Waals surface area contributed by atoms with Gasteiger partial charge in [0.25, 0.3) is 12.3 Å². The van der Waals surface area contributed by atoms with Crippen LogP contribution >= 0.6 is 0 Å². The molecule has 0 fully saturated rings. The number of pyridine rings is 1. The standard InChI is InChI=1S/C21H26FN2/c1-20(2,3)15-11-16-13-23(14-24(16)19(22)12-15)18-10-8-7-9-17(18)21(4,5)6/h7-14H,1-6H3/q+1. The number of nitrogens with zero attached hydrogens (tertiary/aromatic N) is 2. The molecule has 0 amide bonds. The van der Waals surface area contributed by atoms with E-state index in [4.69, 9.17) is 0 Å². The van der Waals surface area contributed by atoms with Crippen molar-refractivity contribution in [1.29, 1.82) is 0 Å². The fourth-order valence-corrected chi connectivity index (χ4v) is 3.01. The summed E-state index contributed by atoms with van der Waals surface area (Å²) in [5.41, 5.74) is 4.13. The SMILES string of the molecule is CC(C)(C)c1cc(F)n2c[n+](-c3ccccc3C(C)(C)C)cc2c1. The fourth-order valence-electron chi connectivity index (χ4n) is 3.01. The predicted molar refractivity (Wildman–Crippen MR) is 96.3 cm³/mol. The maximum atomic E-state index is 14.6. The van der Waals surface area contributed by atoms with Gasteiger partial charge in [0.05, 0.1) is 0 Å². The Morgan fingerprint density at radius 1 is 0.917 bits per heavy atom. The van der Waals surface area contributed by atoms with E-state index in [1.165, 1.54) is 5.56 Å². The molecule has 0 aliphatic carbocycles. The zero-order valence-electron chi connectivity index (χ0n) is 15.4. The third-order valence-corrected chi connectivity index (χ3v) is 4.45. The molecule has 0 aliphatic rings. The van der Waals surface area contributed by atoms with Gasteiger partial charge in [-0.15, -0.1) is 0 Å². The molecule has 0 saturated carbocycles. The minimum Gasteiger partial charge on any atom is -0.201 e. The summed E-state index contributed by atoms with van der Waals surface area (Å²) >= 11 is 0. The first-order valence-electron chi connectivity index (χ1n) is 8.41. The van der Waals surface area contributed by atoms with E-state index in [9.17, 15) is 4.39 Å². The van der Waals surface area contributed by atoms with Crippen molar-refractivity contribution in [2.75, 3.05) is 0 Å². The maximum Gasteiger partial charge on any atom is 0.283 e. The number of imidazole rings is 1. The quantitative estimate of drug-likeness (QED) is 0.442. The second kappa shape index (κ2) is 5.44. The average Bonchev–Trinajstić information content (AvgIpc) is 2.90. The van der Waals surface area contributed by atoms with Crippen LogP contribution in [0.25, 0.3) is 11.2 Å². The van der Waals surface area contributed by atoms with Gasteiger partial charge in [-0.3, -0.25) is 0 Å². The fraction of sp³-hybridized carbons (Fsp3) is 0.381. The van der Waals surface area contributed by atoms with Gasteiger partial charge in [0.2, 0.25) is 0 Å². The first kappa shape index (κ1) is 16.7. The molecule has 1 aromatic carbocycles. The molecule has 3 heteroatoms. The Hall–Kier alpha value is -2.16. The average molecular weight is 325 g/mol. The molecule has 24 heavy (non-hydrogen) atoms. The van der Waals surface area contributed by atoms with Crippen molar-refractivity contribution in [3.05, 3.63) is 66.0 Å². The van der Waals surface area contributed by atoms with Gasteiger partial charge in [-0.1, -0.05) is 59.7 Å². The monoisotopic (exact) mass is 325 g/mol. The summed E-state index contributed by atoms with van der Waals surface area (Å²) in [5.74, 6) is -0.232. The third kappa shape index (κ3) is 2.95. The Kier molecular flexibility index (Phi) is 3.78. The first-order valence-corrected chi connectivity index (χ1v) is 8.41. The van der Waals surface area contributed by atoms with Gasteiger partial charge in [-0.05, 0) is 28.5 Å². The molecule has 2 aromatic heterocycles. The van der Waals surface area contributed by atoms with Crippen molar-refractivity contribution in [2.45, 2.75) is 52.4 Å². The molecule has 126 valence electrons. The Morgan fingerprint density at radius 2 is 1.58 bits per heavy atom. The highest BCUT2D eigenvalue weighted by atomic mass is 19.1. The molecule has 0 unspecified atom stereocenters. The van der Waals surface area contributed by atoms with E-state index >= 15 is 0 Å². The van der Waals surface area contributed by atoms with Crippen LogP contribution in [0.4, 0.5) is 4.39 Å². The molecule has 3 aromatic rings. The first-order chi connectivity index (χ1) is 11.1. The summed E-state index contributed by atoms with van der Waals surface area (Å²) in [6.45, 7) is 12.9. The van der Waals surface area contributed by atoms with Crippen LogP contribution in [0.15, 0.2) is 48.9 Å². The zero-order valence-corrected chi connectivity index (χ0v) is 15.4. The molecular weight excluding hydrogens is 299 g/mol. The molecule has 0 radical (unpaired) electrons. The number of para-hydroxylation sites is 1. The Bertz CT molecular complexity index is 892. The highest BCUT2D eigenvalue weighted by molar-refractivity contribution is 5.48. The van der Waals surface area contributed by atoms with Crippen LogP contribution in [0.1, 0.15) is 52.7 Å². The lowest BCUT2D eigenvalue weighted by Crippen LogP contribution is -2.31. The summed E-state index contributed by atoms with van der Waals surface area (Å²) in [4.78, 5) is 0. The van der Waals surface area contributed by atoms with E-state index in [2.05, 4.69) is 65.8 Å². The lowest BCUT2D eigenvalue weighted by Gasteiger charge is -2.20. The lowest BCUT2D eigenvalue weighted by molar-refractivity contribution is -0.594. The van der Waals surface area contributed by atoms with Crippen LogP contribution in [0.3, 0.4) is 0 Å². The molecule has 0 bridgehead atoms. The summed E-state index contributed by atoms with van der Waals surface area (Å²) in [5, 5.41) is 0. The smallest absolute Gasteiger partial charge is 0.201 e. The summed E-state index contributed by atoms with van der Waals surface area (Å²) in [7, 11) is 0. The van der Waals surface area contributed by atoms with E-state index in [0.29, 0.717) is 0 Å². The second-order valence-electron chi connectivity index (χ2n) is 8.53. The van der Waals surface area contributed by atoms with Gasteiger partial charge >= 0.3 is 0 Å². The van der Waals surface area contributed by atoms with Crippen LogP contribution in [0.2, 0.25) is 0 Å². The summed E-state index contributed by atoms with van der Waals surface area (Å²) in [6.07, 6.45) is 3.82. The Labute approximate surface area is 143 Å². The van der Waals surface area contributed by atoms with Crippen LogP contribution in [0.5, 0.6) is 0 Å². The lowest BCUT2D eigenvalue weighted by atomic mass is 9.86. The molecule has 0 saturated heterocycles. The summed E-state index contributed by atoms with van der Waals surface area (Å²) in [6, 6.07) is 12.0. The molecule has 2 heterocycles. The van der Waals surface area contributed by atoms with E-state index in [1.54, 1.807) is 10.5 Å². The highest BCUT2D eigenvalue weighted by Crippen LogP contribution is 2.27. The largest absolute Gasteiger partial charge is 0.283 e. The van der Waals surface area contributed by atoms with E-state index in [1.807, 2.05) is 23.2 Å². The predicted octanol–water partition coefficient (Wildman–Crippen LogP) is 4.95. The number of halogens is 1. The van der Waals surface area contributed by atoms with Gasteiger partial charge in [0.15, 0.2) is 5.52 Å². The number of rotatable bonds is 1. The van der Waals surface area contributed by atoms with Crippen molar-refractivity contribution in [3.8, 4) is 5.69 Å². The minimum absolute atomic E-state index is 0.0207. The molecule has 0 spiro atoms. The maximum absolute atomic E-state index is 14.6. The van der Waals surface area contributed by atoms with Gasteiger partial charge in [0.1, 0.15) is 11.9 Å². The van der Waals surface area contributed by atoms with E-state index < -0.39 is 0 Å². The topological polar surface area (TPSA) is 8.29 Å². The van der Waals surface area contributed by atoms with Gasteiger partial charge in [-0.25, -0.2) is 4.57 Å². The van der Waals surface area contributed by atoms with Crippen LogP contribution in [0, 0.1) is 5.95 Å². The van der Waals surface area contributed by atoms with Gasteiger partial charge < -0.3 is 0 Å². The van der Waals surface area contributed by atoms with Crippen molar-refractivity contribution in [2.24, 2.45) is 0 Å². The van der Waals surface area contributed by atoms with Gasteiger partial charge in [-0.2, -0.15) is 8.79 Å². The van der Waals surface area contributed by atoms with Crippen LogP contribution in [-0.2, 0) is 10.8 Å². The molecule has 3 rings (SSSR count). The van der Waals surface area contributed by atoms with Crippen molar-refractivity contribution in [1.82, 2.24) is 4.40 Å². The normalized spacial score (nSPS) is 12.8. The number of hydrogen-bond donors (Lipinski definition) is 0. The molecule has 0 atom stereocenters. The molecular formula is C21H26FN2+. The minimum atomic E-state index is -0.232. The molecule has 2 nitrogen and oxygen atoms in total. The molecule has 0 aliphatic heterocycles.